The molecule has 2 aromatic carbocycles. The van der Waals surface area contributed by atoms with Crippen LogP contribution in [0, 0.1) is 0 Å². The maximum Gasteiger partial charge on any atom is 0.270 e. The van der Waals surface area contributed by atoms with Crippen molar-refractivity contribution < 1.29 is 22.7 Å². The number of sulfonamides is 1. The Morgan fingerprint density at radius 3 is 2.31 bits per heavy atom. The summed E-state index contributed by atoms with van der Waals surface area (Å²) >= 11 is 0. The largest absolute Gasteiger partial charge is 0.493 e. The number of anilines is 1. The molecule has 1 amide bonds. The first-order valence-electron chi connectivity index (χ1n) is 10.7. The van der Waals surface area contributed by atoms with Gasteiger partial charge in [0.05, 0.1) is 26.5 Å². The van der Waals surface area contributed by atoms with Gasteiger partial charge in [0.15, 0.2) is 16.4 Å². The van der Waals surface area contributed by atoms with E-state index < -0.39 is 15.9 Å². The van der Waals surface area contributed by atoms with E-state index in [9.17, 15) is 13.2 Å². The van der Waals surface area contributed by atoms with Gasteiger partial charge < -0.3 is 14.8 Å². The summed E-state index contributed by atoms with van der Waals surface area (Å²) < 4.78 is 39.7. The van der Waals surface area contributed by atoms with Crippen LogP contribution in [0.15, 0.2) is 47.4 Å². The van der Waals surface area contributed by atoms with Crippen LogP contribution in [0.1, 0.15) is 43.7 Å². The van der Waals surface area contributed by atoms with Crippen LogP contribution in [-0.2, 0) is 21.4 Å². The number of amides is 1. The SMILES string of the molecule is COc1cc2c(cc1OC)N(Cc1ccccc1)S(=O)(=O)C(C(=O)NC1CCCC1)=C2C. The average molecular weight is 457 g/mol. The van der Waals surface area contributed by atoms with E-state index in [1.165, 1.54) is 18.5 Å². The van der Waals surface area contributed by atoms with Crippen molar-refractivity contribution in [1.29, 1.82) is 0 Å². The molecule has 0 bridgehead atoms. The lowest BCUT2D eigenvalue weighted by molar-refractivity contribution is -0.117. The van der Waals surface area contributed by atoms with Gasteiger partial charge in [-0.3, -0.25) is 9.10 Å². The van der Waals surface area contributed by atoms with Crippen molar-refractivity contribution in [1.82, 2.24) is 5.32 Å². The molecular formula is C24H28N2O5S. The maximum atomic E-state index is 13.8. The number of benzene rings is 2. The van der Waals surface area contributed by atoms with E-state index in [0.29, 0.717) is 28.3 Å². The number of allylic oxidation sites excluding steroid dienone is 1. The molecule has 0 aromatic heterocycles. The number of ether oxygens (including phenoxy) is 2. The third-order valence-electron chi connectivity index (χ3n) is 6.13. The molecule has 8 heteroatoms. The Morgan fingerprint density at radius 1 is 1.06 bits per heavy atom. The first kappa shape index (κ1) is 22.2. The Bertz CT molecular complexity index is 1150. The van der Waals surface area contributed by atoms with Crippen LogP contribution in [0.4, 0.5) is 5.69 Å². The molecule has 0 atom stereocenters. The number of hydrogen-bond acceptors (Lipinski definition) is 5. The van der Waals surface area contributed by atoms with Gasteiger partial charge in [0.1, 0.15) is 0 Å². The van der Waals surface area contributed by atoms with Gasteiger partial charge in [0, 0.05) is 17.7 Å². The fourth-order valence-corrected chi connectivity index (χ4v) is 6.20. The third kappa shape index (κ3) is 3.95. The highest BCUT2D eigenvalue weighted by Crippen LogP contribution is 2.45. The summed E-state index contributed by atoms with van der Waals surface area (Å²) in [5, 5.41) is 2.94. The molecule has 0 saturated heterocycles. The molecule has 0 unspecified atom stereocenters. The standard InChI is InChI=1S/C24H28N2O5S/c1-16-19-13-21(30-2)22(31-3)14-20(19)26(15-17-9-5-4-6-10-17)32(28,29)23(16)24(27)25-18-11-7-8-12-18/h4-6,9-10,13-14,18H,7-8,11-12,15H2,1-3H3,(H,25,27). The number of fused-ring (bicyclic) bond motifs is 1. The van der Waals surface area contributed by atoms with Crippen LogP contribution < -0.4 is 19.1 Å². The predicted octanol–water partition coefficient (Wildman–Crippen LogP) is 3.84. The molecule has 1 N–H and O–H groups in total. The number of methoxy groups -OCH3 is 2. The molecule has 2 aliphatic rings. The maximum absolute atomic E-state index is 13.8. The summed E-state index contributed by atoms with van der Waals surface area (Å²) in [5.74, 6) is 0.346. The van der Waals surface area contributed by atoms with Crippen molar-refractivity contribution in [3.05, 3.63) is 58.5 Å². The van der Waals surface area contributed by atoms with E-state index in [-0.39, 0.29) is 17.5 Å². The van der Waals surface area contributed by atoms with Gasteiger partial charge in [-0.15, -0.1) is 0 Å². The van der Waals surface area contributed by atoms with E-state index in [1.807, 2.05) is 30.3 Å². The van der Waals surface area contributed by atoms with Gasteiger partial charge in [-0.1, -0.05) is 43.2 Å². The van der Waals surface area contributed by atoms with Crippen LogP contribution >= 0.6 is 0 Å². The summed E-state index contributed by atoms with van der Waals surface area (Å²) in [6, 6.07) is 12.7. The van der Waals surface area contributed by atoms with Crippen molar-refractivity contribution in [2.24, 2.45) is 0 Å². The molecule has 0 radical (unpaired) electrons. The van der Waals surface area contributed by atoms with Crippen molar-refractivity contribution in [3.63, 3.8) is 0 Å². The predicted molar refractivity (Wildman–Crippen MR) is 124 cm³/mol. The zero-order valence-corrected chi connectivity index (χ0v) is 19.4. The van der Waals surface area contributed by atoms with Crippen LogP contribution in [0.2, 0.25) is 0 Å². The minimum atomic E-state index is -4.11. The van der Waals surface area contributed by atoms with E-state index in [2.05, 4.69) is 5.32 Å². The second kappa shape index (κ2) is 8.86. The van der Waals surface area contributed by atoms with Crippen molar-refractivity contribution in [2.75, 3.05) is 18.5 Å². The Balaban J connectivity index is 1.87. The van der Waals surface area contributed by atoms with Crippen LogP contribution in [0.3, 0.4) is 0 Å². The zero-order valence-electron chi connectivity index (χ0n) is 18.6. The molecule has 1 heterocycles. The van der Waals surface area contributed by atoms with Crippen LogP contribution in [0.5, 0.6) is 11.5 Å². The smallest absolute Gasteiger partial charge is 0.270 e. The monoisotopic (exact) mass is 456 g/mol. The summed E-state index contributed by atoms with van der Waals surface area (Å²) in [7, 11) is -1.07. The number of nitrogens with zero attached hydrogens (tertiary/aromatic N) is 1. The zero-order chi connectivity index (χ0) is 22.9. The Hall–Kier alpha value is -3.00. The lowest BCUT2D eigenvalue weighted by Crippen LogP contribution is -2.43. The molecule has 7 nitrogen and oxygen atoms in total. The van der Waals surface area contributed by atoms with Gasteiger partial charge in [-0.25, -0.2) is 8.42 Å². The summed E-state index contributed by atoms with van der Waals surface area (Å²) in [4.78, 5) is 13.0. The third-order valence-corrected chi connectivity index (χ3v) is 8.04. The second-order valence-electron chi connectivity index (χ2n) is 8.13. The summed E-state index contributed by atoms with van der Waals surface area (Å²) in [6.45, 7) is 1.77. The van der Waals surface area contributed by atoms with Gasteiger partial charge in [-0.05, 0) is 37.0 Å². The quantitative estimate of drug-likeness (QED) is 0.714. The van der Waals surface area contributed by atoms with Gasteiger partial charge in [0.2, 0.25) is 0 Å². The Labute approximate surface area is 189 Å². The molecule has 2 aromatic rings. The number of carbonyl (C=O) groups excluding carboxylic acids is 1. The number of rotatable bonds is 6. The number of carbonyl (C=O) groups is 1. The highest BCUT2D eigenvalue weighted by atomic mass is 32.2. The number of nitrogens with one attached hydrogen (secondary N) is 1. The minimum absolute atomic E-state index is 0.00683. The van der Waals surface area contributed by atoms with E-state index in [0.717, 1.165) is 31.2 Å². The molecule has 1 saturated carbocycles. The molecule has 0 spiro atoms. The molecule has 32 heavy (non-hydrogen) atoms. The van der Waals surface area contributed by atoms with Gasteiger partial charge >= 0.3 is 0 Å². The molecular weight excluding hydrogens is 428 g/mol. The molecule has 4 rings (SSSR count). The fourth-order valence-electron chi connectivity index (χ4n) is 4.46. The highest BCUT2D eigenvalue weighted by Gasteiger charge is 2.41. The van der Waals surface area contributed by atoms with Crippen LogP contribution in [0.25, 0.3) is 5.57 Å². The van der Waals surface area contributed by atoms with Crippen molar-refractivity contribution in [2.45, 2.75) is 45.2 Å². The molecule has 1 fully saturated rings. The number of hydrogen-bond donors (Lipinski definition) is 1. The molecule has 1 aliphatic carbocycles. The molecule has 1 aliphatic heterocycles. The molecule has 170 valence electrons. The normalized spacial score (nSPS) is 17.8. The van der Waals surface area contributed by atoms with Gasteiger partial charge in [-0.2, -0.15) is 0 Å². The fraction of sp³-hybridized carbons (Fsp3) is 0.375. The van der Waals surface area contributed by atoms with E-state index in [4.69, 9.17) is 9.47 Å². The minimum Gasteiger partial charge on any atom is -0.493 e. The van der Waals surface area contributed by atoms with E-state index in [1.54, 1.807) is 19.1 Å². The first-order chi connectivity index (χ1) is 15.4. The lowest BCUT2D eigenvalue weighted by atomic mass is 10.0. The topological polar surface area (TPSA) is 84.9 Å². The summed E-state index contributed by atoms with van der Waals surface area (Å²) in [6.07, 6.45) is 3.81. The van der Waals surface area contributed by atoms with Crippen molar-refractivity contribution in [3.8, 4) is 11.5 Å². The highest BCUT2D eigenvalue weighted by molar-refractivity contribution is 7.97. The lowest BCUT2D eigenvalue weighted by Gasteiger charge is -2.33. The Kier molecular flexibility index (Phi) is 6.15. The first-order valence-corrected chi connectivity index (χ1v) is 12.2. The van der Waals surface area contributed by atoms with Crippen LogP contribution in [-0.4, -0.2) is 34.6 Å². The summed E-state index contributed by atoms with van der Waals surface area (Å²) in [5.41, 5.74) is 2.30. The van der Waals surface area contributed by atoms with E-state index >= 15 is 0 Å². The average Bonchev–Trinajstić information content (AvgIpc) is 3.29. The van der Waals surface area contributed by atoms with Crippen molar-refractivity contribution >= 4 is 27.2 Å². The van der Waals surface area contributed by atoms with Gasteiger partial charge in [0.25, 0.3) is 15.9 Å². The Morgan fingerprint density at radius 2 is 1.69 bits per heavy atom. The second-order valence-corrected chi connectivity index (χ2v) is 9.93.